The predicted molar refractivity (Wildman–Crippen MR) is 142 cm³/mol. The number of nitrogens with one attached hydrogen (secondary N) is 2. The number of amides is 1. The molecule has 12 heteroatoms. The second-order valence-electron chi connectivity index (χ2n) is 10.1. The minimum atomic E-state index is -4.50. The molecular formula is C25H34F3N5O3S. The molecule has 37 heavy (non-hydrogen) atoms. The normalized spacial score (nSPS) is 13.6. The number of halogens is 3. The topological polar surface area (TPSA) is 101 Å². The maximum absolute atomic E-state index is 12.6. The molecule has 0 aliphatic carbocycles. The number of carbonyl (C=O) groups is 1. The molecule has 1 atom stereocenters. The smallest absolute Gasteiger partial charge is 0.405 e. The summed E-state index contributed by atoms with van der Waals surface area (Å²) in [5.41, 5.74) is 2.51. The van der Waals surface area contributed by atoms with E-state index >= 15 is 0 Å². The summed E-state index contributed by atoms with van der Waals surface area (Å²) in [4.78, 5) is 21.1. The molecule has 0 radical (unpaired) electrons. The number of aromatic hydroxyl groups is 1. The average molecular weight is 542 g/mol. The number of aromatic nitrogens is 3. The predicted octanol–water partition coefficient (Wildman–Crippen LogP) is 4.59. The number of fused-ring (bicyclic) bond motifs is 1. The molecule has 0 aliphatic rings. The molecule has 0 spiro atoms. The van der Waals surface area contributed by atoms with E-state index in [2.05, 4.69) is 34.1 Å². The molecule has 0 saturated heterocycles. The van der Waals surface area contributed by atoms with E-state index in [1.54, 1.807) is 32.2 Å². The molecule has 0 fully saturated rings. The van der Waals surface area contributed by atoms with Crippen molar-refractivity contribution in [3.8, 4) is 16.9 Å². The molecule has 0 aliphatic heterocycles. The molecule has 0 saturated carbocycles. The maximum atomic E-state index is 12.6. The van der Waals surface area contributed by atoms with Crippen LogP contribution in [0.4, 0.5) is 18.9 Å². The lowest BCUT2D eigenvalue weighted by Crippen LogP contribution is -2.46. The highest BCUT2D eigenvalue weighted by Gasteiger charge is 2.30. The molecule has 8 nitrogen and oxygen atoms in total. The van der Waals surface area contributed by atoms with Gasteiger partial charge in [0.05, 0.1) is 18.5 Å². The minimum absolute atomic E-state index is 0.00666. The second-order valence-corrected chi connectivity index (χ2v) is 14.7. The lowest BCUT2D eigenvalue weighted by molar-refractivity contribution is -0.139. The first-order valence-corrected chi connectivity index (χ1v) is 14.7. The van der Waals surface area contributed by atoms with Crippen molar-refractivity contribution in [3.05, 3.63) is 36.9 Å². The maximum Gasteiger partial charge on any atom is 0.405 e. The Morgan fingerprint density at radius 3 is 2.57 bits per heavy atom. The highest BCUT2D eigenvalue weighted by atomic mass is 32.3. The van der Waals surface area contributed by atoms with Gasteiger partial charge in [0.15, 0.2) is 0 Å². The first kappa shape index (κ1) is 28.6. The third-order valence-electron chi connectivity index (χ3n) is 5.55. The van der Waals surface area contributed by atoms with Crippen molar-refractivity contribution in [3.63, 3.8) is 0 Å². The fourth-order valence-electron chi connectivity index (χ4n) is 3.64. The van der Waals surface area contributed by atoms with Crippen LogP contribution in [0, 0.1) is 5.92 Å². The first-order valence-electron chi connectivity index (χ1n) is 11.7. The van der Waals surface area contributed by atoms with Gasteiger partial charge in [-0.25, -0.2) is 15.0 Å². The van der Waals surface area contributed by atoms with Crippen molar-refractivity contribution >= 4 is 32.7 Å². The number of anilines is 1. The fourth-order valence-corrected chi connectivity index (χ4v) is 4.26. The van der Waals surface area contributed by atoms with Gasteiger partial charge in [0, 0.05) is 40.9 Å². The Morgan fingerprint density at radius 1 is 1.19 bits per heavy atom. The molecule has 3 aromatic heterocycles. The summed E-state index contributed by atoms with van der Waals surface area (Å²) < 4.78 is 45.5. The van der Waals surface area contributed by atoms with Gasteiger partial charge >= 0.3 is 6.18 Å². The number of carbonyl (C=O) groups excluding carboxylic acids is 1. The first-order chi connectivity index (χ1) is 17.2. The van der Waals surface area contributed by atoms with Crippen molar-refractivity contribution in [1.29, 1.82) is 0 Å². The summed E-state index contributed by atoms with van der Waals surface area (Å²) >= 11 is 0. The van der Waals surface area contributed by atoms with Crippen LogP contribution in [0.3, 0.4) is 0 Å². The summed E-state index contributed by atoms with van der Waals surface area (Å²) in [5, 5.41) is 15.7. The lowest BCUT2D eigenvalue weighted by Gasteiger charge is -2.24. The number of nitrogens with zero attached hydrogens (tertiary/aromatic N) is 3. The van der Waals surface area contributed by atoms with Crippen LogP contribution in [0.25, 0.3) is 22.2 Å². The SMILES string of the molecule is CC(C)C(Nc1cncc(-c2cn(COCCS(C)(C)C)c3ncc(O)cc23)c1)C(=O)NCC(F)(F)F. The molecule has 1 amide bonds. The van der Waals surface area contributed by atoms with Crippen LogP contribution in [0.15, 0.2) is 36.9 Å². The Balaban J connectivity index is 1.86. The molecule has 0 bridgehead atoms. The van der Waals surface area contributed by atoms with E-state index < -0.39 is 34.7 Å². The van der Waals surface area contributed by atoms with Crippen molar-refractivity contribution < 1.29 is 27.8 Å². The fraction of sp³-hybridized carbons (Fsp3) is 0.480. The summed E-state index contributed by atoms with van der Waals surface area (Å²) in [7, 11) is -0.685. The average Bonchev–Trinajstić information content (AvgIpc) is 3.15. The van der Waals surface area contributed by atoms with Crippen LogP contribution in [0.5, 0.6) is 5.75 Å². The third kappa shape index (κ3) is 8.26. The monoisotopic (exact) mass is 541 g/mol. The van der Waals surface area contributed by atoms with Crippen molar-refractivity contribution in [2.24, 2.45) is 5.92 Å². The van der Waals surface area contributed by atoms with Crippen LogP contribution in [-0.4, -0.2) is 75.4 Å². The number of alkyl halides is 3. The Morgan fingerprint density at radius 2 is 1.92 bits per heavy atom. The molecular weight excluding hydrogens is 507 g/mol. The standard InChI is InChI=1S/C25H34F3N5O3S/c1-16(2)22(24(35)31-14-25(26,27)28)32-18-8-17(10-29-11-18)21-13-33(15-36-6-7-37(3,4)5)23-20(21)9-19(34)12-30-23/h8-13,16,22,32,34H,6-7,14-15H2,1-5H3,(H,31,35). The molecule has 0 aromatic carbocycles. The van der Waals surface area contributed by atoms with E-state index in [1.807, 2.05) is 16.1 Å². The molecule has 204 valence electrons. The van der Waals surface area contributed by atoms with Gasteiger partial charge in [-0.1, -0.05) is 13.8 Å². The van der Waals surface area contributed by atoms with E-state index in [1.165, 1.54) is 12.4 Å². The van der Waals surface area contributed by atoms with E-state index in [4.69, 9.17) is 4.74 Å². The quantitative estimate of drug-likeness (QED) is 0.307. The van der Waals surface area contributed by atoms with Crippen molar-refractivity contribution in [1.82, 2.24) is 19.9 Å². The number of rotatable bonds is 11. The second kappa shape index (κ2) is 11.6. The Kier molecular flexibility index (Phi) is 8.96. The number of hydrogen-bond donors (Lipinski definition) is 3. The number of ether oxygens (including phenoxy) is 1. The van der Waals surface area contributed by atoms with E-state index in [9.17, 15) is 23.1 Å². The Hall–Kier alpha value is -2.99. The van der Waals surface area contributed by atoms with Gasteiger partial charge in [0.1, 0.15) is 30.7 Å². The summed E-state index contributed by atoms with van der Waals surface area (Å²) in [5.74, 6) is -0.0599. The molecule has 3 N–H and O–H groups in total. The Bertz CT molecular complexity index is 1220. The summed E-state index contributed by atoms with van der Waals surface area (Å²) in [6.45, 7) is 2.98. The number of hydrogen-bond acceptors (Lipinski definition) is 6. The lowest BCUT2D eigenvalue weighted by atomic mass is 10.0. The molecule has 1 unspecified atom stereocenters. The van der Waals surface area contributed by atoms with Crippen LogP contribution >= 0.6 is 10.0 Å². The highest BCUT2D eigenvalue weighted by Crippen LogP contribution is 2.34. The third-order valence-corrected chi connectivity index (χ3v) is 6.94. The molecule has 3 heterocycles. The van der Waals surface area contributed by atoms with Gasteiger partial charge in [0.25, 0.3) is 0 Å². The zero-order chi connectivity index (χ0) is 27.4. The van der Waals surface area contributed by atoms with E-state index in [0.717, 1.165) is 11.3 Å². The minimum Gasteiger partial charge on any atom is -0.506 e. The van der Waals surface area contributed by atoms with Crippen LogP contribution in [-0.2, 0) is 16.3 Å². The molecule has 3 rings (SSSR count). The highest BCUT2D eigenvalue weighted by molar-refractivity contribution is 8.32. The van der Waals surface area contributed by atoms with Gasteiger partial charge in [-0.2, -0.15) is 13.2 Å². The van der Waals surface area contributed by atoms with Crippen LogP contribution < -0.4 is 10.6 Å². The van der Waals surface area contributed by atoms with E-state index in [0.29, 0.717) is 28.9 Å². The van der Waals surface area contributed by atoms with Gasteiger partial charge in [0.2, 0.25) is 5.91 Å². The summed E-state index contributed by atoms with van der Waals surface area (Å²) in [6, 6.07) is 2.46. The largest absolute Gasteiger partial charge is 0.506 e. The van der Waals surface area contributed by atoms with Crippen molar-refractivity contribution in [2.75, 3.05) is 43.0 Å². The van der Waals surface area contributed by atoms with Crippen LogP contribution in [0.2, 0.25) is 0 Å². The van der Waals surface area contributed by atoms with Gasteiger partial charge in [-0.05, 0) is 36.8 Å². The zero-order valence-corrected chi connectivity index (χ0v) is 22.4. The van der Waals surface area contributed by atoms with Gasteiger partial charge in [-0.3, -0.25) is 9.78 Å². The number of pyridine rings is 2. The van der Waals surface area contributed by atoms with Crippen molar-refractivity contribution in [2.45, 2.75) is 32.8 Å². The molecule has 3 aromatic rings. The van der Waals surface area contributed by atoms with Crippen LogP contribution in [0.1, 0.15) is 13.8 Å². The zero-order valence-electron chi connectivity index (χ0n) is 21.6. The summed E-state index contributed by atoms with van der Waals surface area (Å²) in [6.07, 6.45) is 8.53. The van der Waals surface area contributed by atoms with Gasteiger partial charge in [-0.15, -0.1) is 0 Å². The van der Waals surface area contributed by atoms with E-state index in [-0.39, 0.29) is 18.4 Å². The Labute approximate surface area is 215 Å². The van der Waals surface area contributed by atoms with Gasteiger partial charge < -0.3 is 25.0 Å².